The van der Waals surface area contributed by atoms with Crippen LogP contribution in [0.1, 0.15) is 26.7 Å². The fraction of sp³-hybridized carbons (Fsp3) is 1.00. The van der Waals surface area contributed by atoms with Crippen LogP contribution < -0.4 is 5.32 Å². The Labute approximate surface area is 75.7 Å². The van der Waals surface area contributed by atoms with Gasteiger partial charge in [0.15, 0.2) is 0 Å². The van der Waals surface area contributed by atoms with Crippen molar-refractivity contribution >= 4 is 0 Å². The van der Waals surface area contributed by atoms with Gasteiger partial charge in [0.05, 0.1) is 0 Å². The second kappa shape index (κ2) is 4.24. The van der Waals surface area contributed by atoms with Crippen LogP contribution in [0.3, 0.4) is 0 Å². The number of hydrogen-bond acceptors (Lipinski definition) is 2. The second-order valence-corrected chi connectivity index (χ2v) is 4.22. The predicted octanol–water partition coefficient (Wildman–Crippen LogP) is 1.66. The third-order valence-corrected chi connectivity index (χ3v) is 3.20. The van der Waals surface area contributed by atoms with E-state index in [-0.39, 0.29) is 0 Å². The zero-order valence-electron chi connectivity index (χ0n) is 8.52. The molecule has 0 aliphatic carbocycles. The Morgan fingerprint density at radius 3 is 2.42 bits per heavy atom. The average Bonchev–Trinajstić information content (AvgIpc) is 1.94. The van der Waals surface area contributed by atoms with Gasteiger partial charge in [-0.05, 0) is 24.2 Å². The lowest BCUT2D eigenvalue weighted by Gasteiger charge is -2.46. The summed E-state index contributed by atoms with van der Waals surface area (Å²) in [7, 11) is 1.78. The molecule has 2 heteroatoms. The van der Waals surface area contributed by atoms with E-state index in [2.05, 4.69) is 19.2 Å². The van der Waals surface area contributed by atoms with E-state index in [1.807, 2.05) is 0 Å². The molecule has 2 nitrogen and oxygen atoms in total. The van der Waals surface area contributed by atoms with Crippen molar-refractivity contribution in [1.82, 2.24) is 5.32 Å². The molecule has 0 amide bonds. The SMILES string of the molecule is COCCCC1(C(C)C)CNC1. The maximum Gasteiger partial charge on any atom is 0.0462 e. The number of ether oxygens (including phenoxy) is 1. The van der Waals surface area contributed by atoms with Crippen LogP contribution in [0.4, 0.5) is 0 Å². The van der Waals surface area contributed by atoms with Crippen molar-refractivity contribution in [2.75, 3.05) is 26.8 Å². The highest BCUT2D eigenvalue weighted by atomic mass is 16.5. The molecule has 1 fully saturated rings. The van der Waals surface area contributed by atoms with Gasteiger partial charge in [-0.1, -0.05) is 13.8 Å². The van der Waals surface area contributed by atoms with Gasteiger partial charge in [-0.2, -0.15) is 0 Å². The van der Waals surface area contributed by atoms with Gasteiger partial charge in [0.25, 0.3) is 0 Å². The first kappa shape index (κ1) is 10.0. The minimum atomic E-state index is 0.582. The van der Waals surface area contributed by atoms with Crippen LogP contribution >= 0.6 is 0 Å². The highest BCUT2D eigenvalue weighted by Crippen LogP contribution is 2.36. The molecule has 0 unspecified atom stereocenters. The van der Waals surface area contributed by atoms with Gasteiger partial charge in [-0.25, -0.2) is 0 Å². The van der Waals surface area contributed by atoms with Crippen LogP contribution in [0, 0.1) is 11.3 Å². The second-order valence-electron chi connectivity index (χ2n) is 4.22. The summed E-state index contributed by atoms with van der Waals surface area (Å²) in [6.07, 6.45) is 2.52. The van der Waals surface area contributed by atoms with Crippen molar-refractivity contribution in [1.29, 1.82) is 0 Å². The normalized spacial score (nSPS) is 21.0. The summed E-state index contributed by atoms with van der Waals surface area (Å²) in [5.74, 6) is 0.801. The first-order valence-corrected chi connectivity index (χ1v) is 4.91. The molecule has 0 aromatic rings. The van der Waals surface area contributed by atoms with Crippen molar-refractivity contribution in [3.63, 3.8) is 0 Å². The van der Waals surface area contributed by atoms with Gasteiger partial charge < -0.3 is 10.1 Å². The molecule has 0 aromatic heterocycles. The Morgan fingerprint density at radius 2 is 2.08 bits per heavy atom. The van der Waals surface area contributed by atoms with Gasteiger partial charge in [-0.3, -0.25) is 0 Å². The van der Waals surface area contributed by atoms with Crippen molar-refractivity contribution in [3.05, 3.63) is 0 Å². The molecule has 0 atom stereocenters. The molecule has 12 heavy (non-hydrogen) atoms. The Balaban J connectivity index is 2.25. The highest BCUT2D eigenvalue weighted by Gasteiger charge is 2.38. The summed E-state index contributed by atoms with van der Waals surface area (Å²) in [5, 5.41) is 3.37. The third-order valence-electron chi connectivity index (χ3n) is 3.20. The molecule has 0 aromatic carbocycles. The molecule has 0 radical (unpaired) electrons. The lowest BCUT2D eigenvalue weighted by Crippen LogP contribution is -2.56. The number of nitrogens with one attached hydrogen (secondary N) is 1. The fourth-order valence-corrected chi connectivity index (χ4v) is 1.89. The van der Waals surface area contributed by atoms with E-state index in [0.717, 1.165) is 12.5 Å². The topological polar surface area (TPSA) is 21.3 Å². The molecule has 1 aliphatic heterocycles. The molecule has 1 saturated heterocycles. The van der Waals surface area contributed by atoms with Crippen LogP contribution in [0.2, 0.25) is 0 Å². The van der Waals surface area contributed by atoms with Crippen LogP contribution in [0.5, 0.6) is 0 Å². The van der Waals surface area contributed by atoms with Crippen molar-refractivity contribution in [2.24, 2.45) is 11.3 Å². The summed E-state index contributed by atoms with van der Waals surface area (Å²) >= 11 is 0. The Bertz CT molecular complexity index is 130. The molecule has 0 saturated carbocycles. The zero-order valence-corrected chi connectivity index (χ0v) is 8.52. The van der Waals surface area contributed by atoms with E-state index in [4.69, 9.17) is 4.74 Å². The van der Waals surface area contributed by atoms with Gasteiger partial charge >= 0.3 is 0 Å². The Morgan fingerprint density at radius 1 is 1.42 bits per heavy atom. The lowest BCUT2D eigenvalue weighted by atomic mass is 9.69. The first-order valence-electron chi connectivity index (χ1n) is 4.91. The molecular weight excluding hydrogens is 150 g/mol. The standard InChI is InChI=1S/C10H21NO/c1-9(2)10(7-11-8-10)5-4-6-12-3/h9,11H,4-8H2,1-3H3. The minimum absolute atomic E-state index is 0.582. The van der Waals surface area contributed by atoms with E-state index in [1.165, 1.54) is 25.9 Å². The fourth-order valence-electron chi connectivity index (χ4n) is 1.89. The molecule has 1 rings (SSSR count). The van der Waals surface area contributed by atoms with Crippen LogP contribution in [0.15, 0.2) is 0 Å². The molecule has 1 aliphatic rings. The third kappa shape index (κ3) is 1.99. The number of hydrogen-bond donors (Lipinski definition) is 1. The summed E-state index contributed by atoms with van der Waals surface area (Å²) in [5.41, 5.74) is 0.582. The van der Waals surface area contributed by atoms with E-state index < -0.39 is 0 Å². The lowest BCUT2D eigenvalue weighted by molar-refractivity contribution is 0.0711. The van der Waals surface area contributed by atoms with Crippen molar-refractivity contribution in [2.45, 2.75) is 26.7 Å². The van der Waals surface area contributed by atoms with Crippen molar-refractivity contribution < 1.29 is 4.74 Å². The maximum atomic E-state index is 5.07. The molecule has 0 bridgehead atoms. The van der Waals surface area contributed by atoms with Crippen LogP contribution in [0.25, 0.3) is 0 Å². The highest BCUT2D eigenvalue weighted by molar-refractivity contribution is 4.94. The largest absolute Gasteiger partial charge is 0.385 e. The molecule has 0 spiro atoms. The summed E-state index contributed by atoms with van der Waals surface area (Å²) in [6.45, 7) is 7.97. The quantitative estimate of drug-likeness (QED) is 0.635. The van der Waals surface area contributed by atoms with Crippen LogP contribution in [-0.4, -0.2) is 26.8 Å². The minimum Gasteiger partial charge on any atom is -0.385 e. The molecular formula is C10H21NO. The van der Waals surface area contributed by atoms with E-state index in [0.29, 0.717) is 5.41 Å². The predicted molar refractivity (Wildman–Crippen MR) is 51.3 cm³/mol. The smallest absolute Gasteiger partial charge is 0.0462 e. The van der Waals surface area contributed by atoms with E-state index in [1.54, 1.807) is 7.11 Å². The Hall–Kier alpha value is -0.0800. The summed E-state index contributed by atoms with van der Waals surface area (Å²) in [4.78, 5) is 0. The average molecular weight is 171 g/mol. The number of rotatable bonds is 5. The first-order chi connectivity index (χ1) is 5.71. The van der Waals surface area contributed by atoms with E-state index in [9.17, 15) is 0 Å². The zero-order chi connectivity index (χ0) is 9.03. The van der Waals surface area contributed by atoms with Gasteiger partial charge in [0.1, 0.15) is 0 Å². The van der Waals surface area contributed by atoms with Gasteiger partial charge in [0, 0.05) is 26.8 Å². The Kier molecular flexibility index (Phi) is 3.53. The molecule has 1 heterocycles. The van der Waals surface area contributed by atoms with Gasteiger partial charge in [-0.15, -0.1) is 0 Å². The van der Waals surface area contributed by atoms with Crippen LogP contribution in [-0.2, 0) is 4.74 Å². The maximum absolute atomic E-state index is 5.07. The van der Waals surface area contributed by atoms with E-state index >= 15 is 0 Å². The monoisotopic (exact) mass is 171 g/mol. The summed E-state index contributed by atoms with van der Waals surface area (Å²) < 4.78 is 5.07. The van der Waals surface area contributed by atoms with Gasteiger partial charge in [0.2, 0.25) is 0 Å². The number of methoxy groups -OCH3 is 1. The molecule has 1 N–H and O–H groups in total. The van der Waals surface area contributed by atoms with Crippen molar-refractivity contribution in [3.8, 4) is 0 Å². The summed E-state index contributed by atoms with van der Waals surface area (Å²) in [6, 6.07) is 0. The molecule has 72 valence electrons.